The number of rotatable bonds is 3. The third-order valence-corrected chi connectivity index (χ3v) is 2.57. The van der Waals surface area contributed by atoms with Crippen molar-refractivity contribution in [2.75, 3.05) is 5.88 Å². The number of halogens is 1. The van der Waals surface area contributed by atoms with Gasteiger partial charge in [-0.2, -0.15) is 0 Å². The van der Waals surface area contributed by atoms with E-state index in [0.29, 0.717) is 0 Å². The maximum Gasteiger partial charge on any atom is 0.235 e. The Morgan fingerprint density at radius 3 is 3.12 bits per heavy atom. The molecule has 4 nitrogen and oxygen atoms in total. The molecule has 2 heterocycles. The molecule has 0 aromatic carbocycles. The normalized spacial score (nSPS) is 12.6. The molecule has 0 aliphatic carbocycles. The Labute approximate surface area is 98.2 Å². The zero-order valence-corrected chi connectivity index (χ0v) is 9.61. The molecule has 0 fully saturated rings. The van der Waals surface area contributed by atoms with Crippen LogP contribution in [0.2, 0.25) is 0 Å². The van der Waals surface area contributed by atoms with Gasteiger partial charge in [-0.25, -0.2) is 4.98 Å². The van der Waals surface area contributed by atoms with E-state index in [0.717, 1.165) is 11.3 Å². The number of fused-ring (bicyclic) bond motifs is 1. The Morgan fingerprint density at radius 2 is 2.44 bits per heavy atom. The third-order valence-electron chi connectivity index (χ3n) is 2.33. The average Bonchev–Trinajstić information content (AvgIpc) is 2.72. The van der Waals surface area contributed by atoms with Crippen molar-refractivity contribution in [1.82, 2.24) is 14.7 Å². The molecule has 2 aromatic heterocycles. The van der Waals surface area contributed by atoms with Gasteiger partial charge in [-0.05, 0) is 19.1 Å². The minimum absolute atomic E-state index is 0.0300. The molecule has 1 amide bonds. The molecule has 0 aliphatic heterocycles. The van der Waals surface area contributed by atoms with Crippen LogP contribution in [0.15, 0.2) is 30.6 Å². The smallest absolute Gasteiger partial charge is 0.235 e. The van der Waals surface area contributed by atoms with Crippen molar-refractivity contribution in [1.29, 1.82) is 0 Å². The number of amides is 1. The number of nitrogens with one attached hydrogen (secondary N) is 1. The number of aromatic nitrogens is 2. The number of carbonyl (C=O) groups excluding carboxylic acids is 1. The summed E-state index contributed by atoms with van der Waals surface area (Å²) >= 11 is 5.42. The number of pyridine rings is 1. The minimum Gasteiger partial charge on any atom is -0.347 e. The summed E-state index contributed by atoms with van der Waals surface area (Å²) in [7, 11) is 0. The number of imidazole rings is 1. The van der Waals surface area contributed by atoms with Gasteiger partial charge < -0.3 is 9.72 Å². The molecular weight excluding hydrogens is 226 g/mol. The summed E-state index contributed by atoms with van der Waals surface area (Å²) in [5, 5.41) is 2.76. The second kappa shape index (κ2) is 4.53. The molecule has 0 bridgehead atoms. The number of hydrogen-bond acceptors (Lipinski definition) is 2. The number of alkyl halides is 1. The number of carbonyl (C=O) groups is 1. The van der Waals surface area contributed by atoms with Gasteiger partial charge in [0.15, 0.2) is 0 Å². The summed E-state index contributed by atoms with van der Waals surface area (Å²) in [6.45, 7) is 1.88. The van der Waals surface area contributed by atoms with Crippen molar-refractivity contribution < 1.29 is 4.79 Å². The van der Waals surface area contributed by atoms with Gasteiger partial charge in [0.2, 0.25) is 5.91 Å². The molecule has 16 heavy (non-hydrogen) atoms. The SMILES string of the molecule is C[C@@H](NC(=O)CCl)c1cn2ccccc2n1. The lowest BCUT2D eigenvalue weighted by atomic mass is 10.2. The van der Waals surface area contributed by atoms with Crippen molar-refractivity contribution in [3.63, 3.8) is 0 Å². The first-order chi connectivity index (χ1) is 7.70. The van der Waals surface area contributed by atoms with Crippen LogP contribution in [0.1, 0.15) is 18.7 Å². The van der Waals surface area contributed by atoms with Gasteiger partial charge >= 0.3 is 0 Å². The van der Waals surface area contributed by atoms with E-state index >= 15 is 0 Å². The quantitative estimate of drug-likeness (QED) is 0.827. The Hall–Kier alpha value is -1.55. The number of hydrogen-bond donors (Lipinski definition) is 1. The van der Waals surface area contributed by atoms with Gasteiger partial charge in [0.25, 0.3) is 0 Å². The molecule has 1 N–H and O–H groups in total. The van der Waals surface area contributed by atoms with Crippen LogP contribution in [-0.2, 0) is 4.79 Å². The number of nitrogens with zero attached hydrogens (tertiary/aromatic N) is 2. The summed E-state index contributed by atoms with van der Waals surface area (Å²) in [5.41, 5.74) is 1.69. The molecular formula is C11H12ClN3O. The first-order valence-corrected chi connectivity index (χ1v) is 5.53. The highest BCUT2D eigenvalue weighted by Gasteiger charge is 2.11. The second-order valence-electron chi connectivity index (χ2n) is 3.55. The zero-order valence-electron chi connectivity index (χ0n) is 8.85. The fraction of sp³-hybridized carbons (Fsp3) is 0.273. The summed E-state index contributed by atoms with van der Waals surface area (Å²) in [4.78, 5) is 15.5. The van der Waals surface area contributed by atoms with Crippen molar-refractivity contribution in [2.45, 2.75) is 13.0 Å². The van der Waals surface area contributed by atoms with Crippen LogP contribution in [0.5, 0.6) is 0 Å². The Morgan fingerprint density at radius 1 is 1.62 bits per heavy atom. The molecule has 0 spiro atoms. The van der Waals surface area contributed by atoms with Crippen molar-refractivity contribution in [3.05, 3.63) is 36.3 Å². The predicted octanol–water partition coefficient (Wildman–Crippen LogP) is 1.75. The highest BCUT2D eigenvalue weighted by Crippen LogP contribution is 2.12. The molecule has 1 atom stereocenters. The van der Waals surface area contributed by atoms with Crippen LogP contribution < -0.4 is 5.32 Å². The van der Waals surface area contributed by atoms with E-state index in [2.05, 4.69) is 10.3 Å². The summed E-state index contributed by atoms with van der Waals surface area (Å²) < 4.78 is 1.92. The molecule has 0 saturated heterocycles. The van der Waals surface area contributed by atoms with E-state index < -0.39 is 0 Å². The van der Waals surface area contributed by atoms with Gasteiger partial charge in [0, 0.05) is 12.4 Å². The minimum atomic E-state index is -0.189. The molecule has 0 unspecified atom stereocenters. The molecule has 2 rings (SSSR count). The van der Waals surface area contributed by atoms with E-state index in [4.69, 9.17) is 11.6 Å². The summed E-state index contributed by atoms with van der Waals surface area (Å²) in [5.74, 6) is -0.219. The Bertz CT molecular complexity index is 476. The van der Waals surface area contributed by atoms with Crippen LogP contribution >= 0.6 is 11.6 Å². The molecule has 0 radical (unpaired) electrons. The highest BCUT2D eigenvalue weighted by atomic mass is 35.5. The van der Waals surface area contributed by atoms with Crippen LogP contribution in [-0.4, -0.2) is 21.2 Å². The van der Waals surface area contributed by atoms with Gasteiger partial charge in [-0.3, -0.25) is 4.79 Å². The van der Waals surface area contributed by atoms with Gasteiger partial charge in [0.05, 0.1) is 11.7 Å². The molecule has 0 aliphatic rings. The maximum absolute atomic E-state index is 11.1. The monoisotopic (exact) mass is 237 g/mol. The van der Waals surface area contributed by atoms with Crippen LogP contribution in [0.3, 0.4) is 0 Å². The second-order valence-corrected chi connectivity index (χ2v) is 3.82. The zero-order chi connectivity index (χ0) is 11.5. The fourth-order valence-corrected chi connectivity index (χ4v) is 1.59. The summed E-state index contributed by atoms with van der Waals surface area (Å²) in [6.07, 6.45) is 3.82. The van der Waals surface area contributed by atoms with E-state index in [9.17, 15) is 4.79 Å². The standard InChI is InChI=1S/C11H12ClN3O/c1-8(13-11(16)6-12)9-7-15-5-3-2-4-10(15)14-9/h2-5,7-8H,6H2,1H3,(H,13,16)/t8-/m1/s1. The van der Waals surface area contributed by atoms with Crippen LogP contribution in [0.25, 0.3) is 5.65 Å². The van der Waals surface area contributed by atoms with E-state index in [1.807, 2.05) is 41.9 Å². The van der Waals surface area contributed by atoms with Gasteiger partial charge in [-0.1, -0.05) is 6.07 Å². The lowest BCUT2D eigenvalue weighted by molar-refractivity contribution is -0.119. The van der Waals surface area contributed by atoms with E-state index in [1.165, 1.54) is 0 Å². The third kappa shape index (κ3) is 2.17. The van der Waals surface area contributed by atoms with Gasteiger partial charge in [0.1, 0.15) is 11.5 Å². The van der Waals surface area contributed by atoms with Gasteiger partial charge in [-0.15, -0.1) is 11.6 Å². The maximum atomic E-state index is 11.1. The first kappa shape index (κ1) is 11.0. The Kier molecular flexibility index (Phi) is 3.10. The van der Waals surface area contributed by atoms with Crippen molar-refractivity contribution in [2.24, 2.45) is 0 Å². The summed E-state index contributed by atoms with van der Waals surface area (Å²) in [6, 6.07) is 5.64. The van der Waals surface area contributed by atoms with Crippen molar-refractivity contribution >= 4 is 23.2 Å². The topological polar surface area (TPSA) is 46.4 Å². The highest BCUT2D eigenvalue weighted by molar-refractivity contribution is 6.27. The first-order valence-electron chi connectivity index (χ1n) is 4.99. The largest absolute Gasteiger partial charge is 0.347 e. The predicted molar refractivity (Wildman–Crippen MR) is 62.5 cm³/mol. The van der Waals surface area contributed by atoms with E-state index in [-0.39, 0.29) is 17.8 Å². The van der Waals surface area contributed by atoms with Crippen LogP contribution in [0, 0.1) is 0 Å². The van der Waals surface area contributed by atoms with Crippen molar-refractivity contribution in [3.8, 4) is 0 Å². The molecule has 5 heteroatoms. The molecule has 0 saturated carbocycles. The molecule has 84 valence electrons. The molecule has 2 aromatic rings. The lowest BCUT2D eigenvalue weighted by Crippen LogP contribution is -2.27. The van der Waals surface area contributed by atoms with E-state index in [1.54, 1.807) is 0 Å². The Balaban J connectivity index is 2.23. The average molecular weight is 238 g/mol. The lowest BCUT2D eigenvalue weighted by Gasteiger charge is -2.09. The van der Waals surface area contributed by atoms with Crippen LogP contribution in [0.4, 0.5) is 0 Å². The fourth-order valence-electron chi connectivity index (χ4n) is 1.52.